The molecule has 38 heavy (non-hydrogen) atoms. The van der Waals surface area contributed by atoms with Gasteiger partial charge in [0.15, 0.2) is 0 Å². The van der Waals surface area contributed by atoms with Crippen molar-refractivity contribution in [2.45, 2.75) is 71.0 Å². The second-order valence-corrected chi connectivity index (χ2v) is 11.7. The highest BCUT2D eigenvalue weighted by Crippen LogP contribution is 2.24. The Hall–Kier alpha value is -3.47. The van der Waals surface area contributed by atoms with Crippen LogP contribution < -0.4 is 9.62 Å². The van der Waals surface area contributed by atoms with Crippen molar-refractivity contribution >= 4 is 33.2 Å². The van der Waals surface area contributed by atoms with Crippen LogP contribution >= 0.6 is 0 Å². The molecule has 0 spiro atoms. The number of hydrogen-bond acceptors (Lipinski definition) is 6. The lowest BCUT2D eigenvalue weighted by atomic mass is 9.95. The van der Waals surface area contributed by atoms with E-state index in [1.807, 2.05) is 38.1 Å². The van der Waals surface area contributed by atoms with E-state index >= 15 is 0 Å². The summed E-state index contributed by atoms with van der Waals surface area (Å²) < 4.78 is 26.3. The lowest BCUT2D eigenvalue weighted by Gasteiger charge is -2.34. The van der Waals surface area contributed by atoms with Crippen molar-refractivity contribution in [3.05, 3.63) is 69.8 Å². The summed E-state index contributed by atoms with van der Waals surface area (Å²) in [5.74, 6) is -0.839. The van der Waals surface area contributed by atoms with E-state index in [1.165, 1.54) is 23.1 Å². The van der Waals surface area contributed by atoms with Gasteiger partial charge in [-0.3, -0.25) is 24.0 Å². The van der Waals surface area contributed by atoms with Crippen molar-refractivity contribution in [1.29, 1.82) is 0 Å². The molecule has 10 nitrogen and oxygen atoms in total. The maximum absolute atomic E-state index is 13.8. The topological polar surface area (TPSA) is 130 Å². The number of nitrogens with one attached hydrogen (secondary N) is 1. The maximum Gasteiger partial charge on any atom is 0.271 e. The fraction of sp³-hybridized carbons (Fsp3) is 0.481. The number of carbonyl (C=O) groups is 2. The normalized spacial score (nSPS) is 14.9. The zero-order valence-electron chi connectivity index (χ0n) is 22.1. The number of anilines is 1. The van der Waals surface area contributed by atoms with Gasteiger partial charge in [0.1, 0.15) is 12.6 Å². The molecule has 0 radical (unpaired) electrons. The molecule has 1 saturated carbocycles. The monoisotopic (exact) mass is 544 g/mol. The number of nitro benzene ring substituents is 1. The second-order valence-electron chi connectivity index (χ2n) is 9.82. The summed E-state index contributed by atoms with van der Waals surface area (Å²) in [6.07, 6.45) is 6.29. The molecule has 1 N–H and O–H groups in total. The molecule has 2 amide bonds. The smallest absolute Gasteiger partial charge is 0.271 e. The van der Waals surface area contributed by atoms with Crippen LogP contribution in [0, 0.1) is 17.0 Å². The number of carbonyl (C=O) groups excluding carboxylic acids is 2. The van der Waals surface area contributed by atoms with Gasteiger partial charge in [0.25, 0.3) is 5.69 Å². The molecule has 3 rings (SSSR count). The summed E-state index contributed by atoms with van der Waals surface area (Å²) in [5, 5.41) is 14.4. The average molecular weight is 545 g/mol. The first-order valence-corrected chi connectivity index (χ1v) is 14.7. The van der Waals surface area contributed by atoms with E-state index in [1.54, 1.807) is 0 Å². The highest BCUT2D eigenvalue weighted by Gasteiger charge is 2.33. The number of aryl methyl sites for hydroxylation is 1. The van der Waals surface area contributed by atoms with Crippen molar-refractivity contribution in [3.63, 3.8) is 0 Å². The van der Waals surface area contributed by atoms with Crippen molar-refractivity contribution in [2.24, 2.45) is 0 Å². The number of nitro groups is 1. The Morgan fingerprint density at radius 3 is 2.34 bits per heavy atom. The Morgan fingerprint density at radius 2 is 1.76 bits per heavy atom. The first-order valence-electron chi connectivity index (χ1n) is 12.9. The first kappa shape index (κ1) is 29.1. The lowest BCUT2D eigenvalue weighted by molar-refractivity contribution is -0.384. The summed E-state index contributed by atoms with van der Waals surface area (Å²) in [4.78, 5) is 39.2. The highest BCUT2D eigenvalue weighted by atomic mass is 32.2. The summed E-state index contributed by atoms with van der Waals surface area (Å²) in [6.45, 7) is 3.28. The van der Waals surface area contributed by atoms with Crippen LogP contribution in [0.2, 0.25) is 0 Å². The zero-order valence-corrected chi connectivity index (χ0v) is 22.9. The SMILES string of the molecule is CC[C@H](C(=O)NC1CCCCC1)N(Cc1ccc(C)cc1)C(=O)CN(c1cccc([N+](=O)[O-])c1)S(C)(=O)=O. The molecular weight excluding hydrogens is 508 g/mol. The Bertz CT molecular complexity index is 1240. The van der Waals surface area contributed by atoms with Gasteiger partial charge in [0.2, 0.25) is 21.8 Å². The van der Waals surface area contributed by atoms with Crippen LogP contribution in [0.1, 0.15) is 56.6 Å². The molecule has 0 saturated heterocycles. The van der Waals surface area contributed by atoms with Crippen molar-refractivity contribution in [1.82, 2.24) is 10.2 Å². The summed E-state index contributed by atoms with van der Waals surface area (Å²) in [7, 11) is -3.98. The largest absolute Gasteiger partial charge is 0.352 e. The number of non-ortho nitro benzene ring substituents is 1. The van der Waals surface area contributed by atoms with Gasteiger partial charge in [-0.25, -0.2) is 8.42 Å². The lowest BCUT2D eigenvalue weighted by Crippen LogP contribution is -2.53. The predicted octanol–water partition coefficient (Wildman–Crippen LogP) is 3.93. The van der Waals surface area contributed by atoms with Crippen LogP contribution in [-0.2, 0) is 26.2 Å². The third kappa shape index (κ3) is 7.77. The number of benzene rings is 2. The molecule has 1 atom stereocenters. The van der Waals surface area contributed by atoms with E-state index in [9.17, 15) is 28.1 Å². The molecule has 11 heteroatoms. The van der Waals surface area contributed by atoms with Gasteiger partial charge in [-0.2, -0.15) is 0 Å². The van der Waals surface area contributed by atoms with E-state index in [-0.39, 0.29) is 29.9 Å². The maximum atomic E-state index is 13.8. The number of sulfonamides is 1. The van der Waals surface area contributed by atoms with E-state index in [0.29, 0.717) is 6.42 Å². The molecule has 0 aromatic heterocycles. The Labute approximate surface area is 224 Å². The molecule has 2 aromatic rings. The van der Waals surface area contributed by atoms with Crippen LogP contribution in [0.5, 0.6) is 0 Å². The third-order valence-corrected chi connectivity index (χ3v) is 7.96. The van der Waals surface area contributed by atoms with E-state index in [0.717, 1.165) is 59.9 Å². The molecule has 1 aliphatic rings. The summed E-state index contributed by atoms with van der Waals surface area (Å²) in [6, 6.07) is 11.9. The molecule has 0 heterocycles. The minimum Gasteiger partial charge on any atom is -0.352 e. The minimum absolute atomic E-state index is 0.00467. The Kier molecular flexibility index (Phi) is 9.84. The van der Waals surface area contributed by atoms with Crippen molar-refractivity contribution in [2.75, 3.05) is 17.1 Å². The minimum atomic E-state index is -3.98. The first-order chi connectivity index (χ1) is 18.0. The number of hydrogen-bond donors (Lipinski definition) is 1. The molecule has 206 valence electrons. The van der Waals surface area contributed by atoms with Gasteiger partial charge in [-0.1, -0.05) is 62.1 Å². The average Bonchev–Trinajstić information content (AvgIpc) is 2.88. The molecule has 0 aliphatic heterocycles. The van der Waals surface area contributed by atoms with Crippen molar-refractivity contribution < 1.29 is 22.9 Å². The van der Waals surface area contributed by atoms with E-state index < -0.39 is 33.4 Å². The third-order valence-electron chi connectivity index (χ3n) is 6.82. The van der Waals surface area contributed by atoms with Gasteiger partial charge in [0.05, 0.1) is 16.9 Å². The standard InChI is InChI=1S/C27H36N4O6S/c1-4-25(27(33)28-22-9-6-5-7-10-22)29(18-21-15-13-20(2)14-16-21)26(32)19-30(38(3,36)37)23-11-8-12-24(17-23)31(34)35/h8,11-17,22,25H,4-7,9-10,18-19H2,1-3H3,(H,28,33)/t25-/m1/s1. The molecule has 2 aromatic carbocycles. The fourth-order valence-electron chi connectivity index (χ4n) is 4.73. The van der Waals surface area contributed by atoms with Gasteiger partial charge in [-0.05, 0) is 37.8 Å². The Balaban J connectivity index is 1.93. The van der Waals surface area contributed by atoms with E-state index in [2.05, 4.69) is 5.32 Å². The summed E-state index contributed by atoms with van der Waals surface area (Å²) in [5.41, 5.74) is 1.56. The fourth-order valence-corrected chi connectivity index (χ4v) is 5.57. The van der Waals surface area contributed by atoms with Gasteiger partial charge in [-0.15, -0.1) is 0 Å². The highest BCUT2D eigenvalue weighted by molar-refractivity contribution is 7.92. The molecule has 0 bridgehead atoms. The van der Waals surface area contributed by atoms with Crippen LogP contribution in [0.3, 0.4) is 0 Å². The van der Waals surface area contributed by atoms with Crippen LogP contribution in [-0.4, -0.2) is 54.9 Å². The Morgan fingerprint density at radius 1 is 1.11 bits per heavy atom. The van der Waals surface area contributed by atoms with Crippen LogP contribution in [0.25, 0.3) is 0 Å². The molecular formula is C27H36N4O6S. The second kappa shape index (κ2) is 12.9. The van der Waals surface area contributed by atoms with Crippen LogP contribution in [0.15, 0.2) is 48.5 Å². The molecule has 1 aliphatic carbocycles. The van der Waals surface area contributed by atoms with Gasteiger partial charge < -0.3 is 10.2 Å². The van der Waals surface area contributed by atoms with E-state index in [4.69, 9.17) is 0 Å². The molecule has 1 fully saturated rings. The van der Waals surface area contributed by atoms with Crippen LogP contribution in [0.4, 0.5) is 11.4 Å². The van der Waals surface area contributed by atoms with Crippen molar-refractivity contribution in [3.8, 4) is 0 Å². The quantitative estimate of drug-likeness (QED) is 0.337. The number of amides is 2. The van der Waals surface area contributed by atoms with Gasteiger partial charge >= 0.3 is 0 Å². The number of nitrogens with zero attached hydrogens (tertiary/aromatic N) is 3. The summed E-state index contributed by atoms with van der Waals surface area (Å²) >= 11 is 0. The zero-order chi connectivity index (χ0) is 27.9. The number of rotatable bonds is 11. The molecule has 0 unspecified atom stereocenters. The van der Waals surface area contributed by atoms with Gasteiger partial charge in [0, 0.05) is 24.7 Å². The predicted molar refractivity (Wildman–Crippen MR) is 146 cm³/mol.